The summed E-state index contributed by atoms with van der Waals surface area (Å²) in [5.41, 5.74) is 0.588. The standard InChI is InChI=1S/C8H6Cl2FNO/c1-4-2-3-5(8(10)12-13)7(11)6(4)9/h2-3,13H,1H3/b12-8+. The van der Waals surface area contributed by atoms with Crippen molar-refractivity contribution in [3.63, 3.8) is 0 Å². The molecule has 70 valence electrons. The zero-order valence-corrected chi connectivity index (χ0v) is 8.19. The van der Waals surface area contributed by atoms with Gasteiger partial charge in [0.15, 0.2) is 11.0 Å². The fraction of sp³-hybridized carbons (Fsp3) is 0.125. The predicted octanol–water partition coefficient (Wildman–Crippen LogP) is 3.16. The van der Waals surface area contributed by atoms with Gasteiger partial charge in [0, 0.05) is 0 Å². The topological polar surface area (TPSA) is 32.6 Å². The van der Waals surface area contributed by atoms with Crippen LogP contribution in [0.2, 0.25) is 5.02 Å². The van der Waals surface area contributed by atoms with E-state index >= 15 is 0 Å². The first-order valence-electron chi connectivity index (χ1n) is 3.40. The smallest absolute Gasteiger partial charge is 0.178 e. The minimum atomic E-state index is -0.676. The first-order valence-corrected chi connectivity index (χ1v) is 4.16. The number of hydrogen-bond acceptors (Lipinski definition) is 2. The van der Waals surface area contributed by atoms with Crippen LogP contribution in [0.4, 0.5) is 4.39 Å². The molecule has 0 saturated carbocycles. The molecule has 0 atom stereocenters. The largest absolute Gasteiger partial charge is 0.410 e. The molecule has 1 rings (SSSR count). The molecule has 0 amide bonds. The molecule has 0 aliphatic rings. The summed E-state index contributed by atoms with van der Waals surface area (Å²) in [7, 11) is 0. The predicted molar refractivity (Wildman–Crippen MR) is 50.3 cm³/mol. The molecule has 2 nitrogen and oxygen atoms in total. The molecule has 0 aliphatic carbocycles. The van der Waals surface area contributed by atoms with Crippen molar-refractivity contribution in [1.82, 2.24) is 0 Å². The quantitative estimate of drug-likeness (QED) is 0.441. The van der Waals surface area contributed by atoms with Crippen molar-refractivity contribution in [2.45, 2.75) is 6.92 Å². The fourth-order valence-corrected chi connectivity index (χ4v) is 1.17. The molecule has 0 aromatic heterocycles. The molecule has 0 saturated heterocycles. The monoisotopic (exact) mass is 221 g/mol. The summed E-state index contributed by atoms with van der Waals surface area (Å²) in [4.78, 5) is 0. The molecule has 5 heteroatoms. The van der Waals surface area contributed by atoms with E-state index in [2.05, 4.69) is 5.16 Å². The summed E-state index contributed by atoms with van der Waals surface area (Å²) in [6.07, 6.45) is 0. The maximum absolute atomic E-state index is 13.3. The van der Waals surface area contributed by atoms with Crippen molar-refractivity contribution >= 4 is 28.4 Å². The van der Waals surface area contributed by atoms with Crippen LogP contribution in [-0.2, 0) is 0 Å². The molecular formula is C8H6Cl2FNO. The Morgan fingerprint density at radius 2 is 2.15 bits per heavy atom. The fourth-order valence-electron chi connectivity index (χ4n) is 0.859. The Labute approximate surface area is 84.6 Å². The molecule has 0 radical (unpaired) electrons. The van der Waals surface area contributed by atoms with E-state index in [-0.39, 0.29) is 15.8 Å². The lowest BCUT2D eigenvalue weighted by atomic mass is 10.1. The third-order valence-corrected chi connectivity index (χ3v) is 2.33. The number of hydrogen-bond donors (Lipinski definition) is 1. The normalized spacial score (nSPS) is 11.8. The Kier molecular flexibility index (Phi) is 3.12. The molecule has 0 bridgehead atoms. The van der Waals surface area contributed by atoms with E-state index < -0.39 is 5.82 Å². The molecule has 13 heavy (non-hydrogen) atoms. The van der Waals surface area contributed by atoms with Crippen molar-refractivity contribution in [3.8, 4) is 0 Å². The Morgan fingerprint density at radius 3 is 2.69 bits per heavy atom. The van der Waals surface area contributed by atoms with Crippen molar-refractivity contribution in [1.29, 1.82) is 0 Å². The van der Waals surface area contributed by atoms with Gasteiger partial charge in [0.25, 0.3) is 0 Å². The van der Waals surface area contributed by atoms with Gasteiger partial charge in [-0.15, -0.1) is 0 Å². The van der Waals surface area contributed by atoms with Gasteiger partial charge >= 0.3 is 0 Å². The molecule has 0 unspecified atom stereocenters. The maximum Gasteiger partial charge on any atom is 0.178 e. The van der Waals surface area contributed by atoms with E-state index in [4.69, 9.17) is 28.4 Å². The van der Waals surface area contributed by atoms with Crippen LogP contribution in [0.25, 0.3) is 0 Å². The van der Waals surface area contributed by atoms with E-state index in [1.54, 1.807) is 13.0 Å². The van der Waals surface area contributed by atoms with Gasteiger partial charge < -0.3 is 5.21 Å². The number of oxime groups is 1. The van der Waals surface area contributed by atoms with Crippen LogP contribution in [0.15, 0.2) is 17.3 Å². The molecule has 0 heterocycles. The lowest BCUT2D eigenvalue weighted by Gasteiger charge is -2.03. The number of benzene rings is 1. The first-order chi connectivity index (χ1) is 6.07. The maximum atomic E-state index is 13.3. The number of halogens is 3. The Hall–Kier alpha value is -0.800. The van der Waals surface area contributed by atoms with E-state index in [0.717, 1.165) is 0 Å². The number of aryl methyl sites for hydroxylation is 1. The molecule has 0 fully saturated rings. The summed E-state index contributed by atoms with van der Waals surface area (Å²) in [6.45, 7) is 1.67. The average Bonchev–Trinajstić information content (AvgIpc) is 2.13. The number of nitrogens with zero attached hydrogens (tertiary/aromatic N) is 1. The van der Waals surface area contributed by atoms with E-state index in [1.807, 2.05) is 0 Å². The second kappa shape index (κ2) is 3.94. The van der Waals surface area contributed by atoms with Gasteiger partial charge in [-0.2, -0.15) is 0 Å². The van der Waals surface area contributed by atoms with Gasteiger partial charge in [0.1, 0.15) is 0 Å². The highest BCUT2D eigenvalue weighted by Gasteiger charge is 2.12. The second-order valence-corrected chi connectivity index (χ2v) is 3.18. The van der Waals surface area contributed by atoms with Crippen LogP contribution >= 0.6 is 23.2 Å². The van der Waals surface area contributed by atoms with Crippen LogP contribution in [0, 0.1) is 12.7 Å². The van der Waals surface area contributed by atoms with Gasteiger partial charge in [-0.1, -0.05) is 34.4 Å². The zero-order valence-electron chi connectivity index (χ0n) is 6.68. The summed E-state index contributed by atoms with van der Waals surface area (Å²) in [5.74, 6) is -0.676. The summed E-state index contributed by atoms with van der Waals surface area (Å²) < 4.78 is 13.3. The van der Waals surface area contributed by atoms with Crippen LogP contribution in [0.3, 0.4) is 0 Å². The van der Waals surface area contributed by atoms with Gasteiger partial charge in [0.2, 0.25) is 0 Å². The SMILES string of the molecule is Cc1ccc(/C(Cl)=N\O)c(F)c1Cl. The molecule has 1 N–H and O–H groups in total. The molecule has 0 spiro atoms. The van der Waals surface area contributed by atoms with E-state index in [9.17, 15) is 4.39 Å². The van der Waals surface area contributed by atoms with Crippen LogP contribution in [0.1, 0.15) is 11.1 Å². The lowest BCUT2D eigenvalue weighted by Crippen LogP contribution is -1.97. The van der Waals surface area contributed by atoms with Crippen LogP contribution in [0.5, 0.6) is 0 Å². The van der Waals surface area contributed by atoms with Crippen molar-refractivity contribution in [3.05, 3.63) is 34.1 Å². The highest BCUT2D eigenvalue weighted by molar-refractivity contribution is 6.69. The third kappa shape index (κ3) is 1.92. The Bertz CT molecular complexity index is 365. The Morgan fingerprint density at radius 1 is 1.54 bits per heavy atom. The van der Waals surface area contributed by atoms with E-state index in [1.165, 1.54) is 6.07 Å². The molecule has 1 aromatic carbocycles. The van der Waals surface area contributed by atoms with Crippen molar-refractivity contribution in [2.24, 2.45) is 5.16 Å². The zero-order chi connectivity index (χ0) is 10.0. The minimum Gasteiger partial charge on any atom is -0.410 e. The van der Waals surface area contributed by atoms with Crippen LogP contribution < -0.4 is 0 Å². The van der Waals surface area contributed by atoms with Crippen LogP contribution in [-0.4, -0.2) is 10.4 Å². The summed E-state index contributed by atoms with van der Waals surface area (Å²) in [6, 6.07) is 2.99. The van der Waals surface area contributed by atoms with Gasteiger partial charge in [-0.25, -0.2) is 4.39 Å². The third-order valence-electron chi connectivity index (χ3n) is 1.59. The van der Waals surface area contributed by atoms with Crippen molar-refractivity contribution < 1.29 is 9.60 Å². The molecule has 1 aromatic rings. The summed E-state index contributed by atoms with van der Waals surface area (Å²) >= 11 is 11.0. The summed E-state index contributed by atoms with van der Waals surface area (Å²) in [5, 5.41) is 10.7. The van der Waals surface area contributed by atoms with Gasteiger partial charge in [-0.3, -0.25) is 0 Å². The number of rotatable bonds is 1. The lowest BCUT2D eigenvalue weighted by molar-refractivity contribution is 0.320. The molecule has 0 aliphatic heterocycles. The van der Waals surface area contributed by atoms with Crippen molar-refractivity contribution in [2.75, 3.05) is 0 Å². The van der Waals surface area contributed by atoms with E-state index in [0.29, 0.717) is 5.56 Å². The van der Waals surface area contributed by atoms with Gasteiger partial charge in [-0.05, 0) is 18.6 Å². The highest BCUT2D eigenvalue weighted by Crippen LogP contribution is 2.23. The molecular weight excluding hydrogens is 216 g/mol. The Balaban J connectivity index is 3.34. The second-order valence-electron chi connectivity index (χ2n) is 2.45. The average molecular weight is 222 g/mol. The van der Waals surface area contributed by atoms with Gasteiger partial charge in [0.05, 0.1) is 10.6 Å². The highest BCUT2D eigenvalue weighted by atomic mass is 35.5. The first kappa shape index (κ1) is 10.3. The minimum absolute atomic E-state index is 0.0141.